The van der Waals surface area contributed by atoms with Crippen molar-refractivity contribution in [2.24, 2.45) is 0 Å². The normalized spacial score (nSPS) is 11.2. The summed E-state index contributed by atoms with van der Waals surface area (Å²) >= 11 is 0. The maximum Gasteiger partial charge on any atom is 0.383 e. The third-order valence-electron chi connectivity index (χ3n) is 5.24. The van der Waals surface area contributed by atoms with E-state index in [1.165, 1.54) is 45.4 Å². The Labute approximate surface area is 196 Å². The number of rotatable bonds is 16. The zero-order valence-electron chi connectivity index (χ0n) is 20.3. The molecule has 0 aliphatic carbocycles. The Hall–Kier alpha value is -2.76. The minimum absolute atomic E-state index is 0.188. The molecule has 0 saturated carbocycles. The SMILES string of the molecule is CCC=CCCOc1c(OC(C)=O)c(=O)oc2cccc(OCCCCCCCCCC)c12. The average molecular weight is 459 g/mol. The summed E-state index contributed by atoms with van der Waals surface area (Å²) < 4.78 is 22.6. The van der Waals surface area contributed by atoms with Gasteiger partial charge in [0.25, 0.3) is 5.75 Å². The number of carbonyl (C=O) groups excluding carboxylic acids is 1. The van der Waals surface area contributed by atoms with Crippen LogP contribution in [0.1, 0.15) is 85.0 Å². The van der Waals surface area contributed by atoms with Crippen LogP contribution in [0, 0.1) is 0 Å². The molecule has 6 nitrogen and oxygen atoms in total. The standard InChI is InChI=1S/C27H38O6/c1-4-6-8-10-11-12-13-15-19-30-22-17-16-18-23-24(22)25(31-20-14-9-7-5-2)26(27(29)33-23)32-21(3)28/h7,9,16-18H,4-6,8,10-15,19-20H2,1-3H3. The fraction of sp³-hybridized carbons (Fsp3) is 0.556. The minimum atomic E-state index is -0.753. The number of ether oxygens (including phenoxy) is 3. The van der Waals surface area contributed by atoms with Gasteiger partial charge < -0.3 is 18.6 Å². The quantitative estimate of drug-likeness (QED) is 0.117. The average Bonchev–Trinajstić information content (AvgIpc) is 2.79. The fourth-order valence-electron chi connectivity index (χ4n) is 3.59. The molecule has 0 saturated heterocycles. The van der Waals surface area contributed by atoms with E-state index in [2.05, 4.69) is 13.8 Å². The molecule has 0 unspecified atom stereocenters. The zero-order chi connectivity index (χ0) is 23.9. The van der Waals surface area contributed by atoms with Gasteiger partial charge in [0.15, 0.2) is 5.75 Å². The third-order valence-corrected chi connectivity index (χ3v) is 5.24. The molecule has 0 fully saturated rings. The van der Waals surface area contributed by atoms with Gasteiger partial charge in [-0.05, 0) is 31.4 Å². The smallest absolute Gasteiger partial charge is 0.383 e. The van der Waals surface area contributed by atoms with Gasteiger partial charge in [0.2, 0.25) is 0 Å². The number of fused-ring (bicyclic) bond motifs is 1. The van der Waals surface area contributed by atoms with E-state index in [1.54, 1.807) is 12.1 Å². The molecule has 6 heteroatoms. The number of carbonyl (C=O) groups is 1. The van der Waals surface area contributed by atoms with Crippen LogP contribution in [0.15, 0.2) is 39.6 Å². The highest BCUT2D eigenvalue weighted by Crippen LogP contribution is 2.39. The second-order valence-electron chi connectivity index (χ2n) is 8.11. The van der Waals surface area contributed by atoms with Gasteiger partial charge in [0.05, 0.1) is 13.2 Å². The molecule has 0 N–H and O–H groups in total. The summed E-state index contributed by atoms with van der Waals surface area (Å²) in [6.07, 6.45) is 15.4. The lowest BCUT2D eigenvalue weighted by atomic mass is 10.1. The first-order valence-corrected chi connectivity index (χ1v) is 12.3. The minimum Gasteiger partial charge on any atom is -0.493 e. The van der Waals surface area contributed by atoms with E-state index in [1.807, 2.05) is 18.2 Å². The van der Waals surface area contributed by atoms with Crippen LogP contribution in [0.2, 0.25) is 0 Å². The van der Waals surface area contributed by atoms with Gasteiger partial charge in [0.1, 0.15) is 16.7 Å². The molecular weight excluding hydrogens is 420 g/mol. The van der Waals surface area contributed by atoms with E-state index < -0.39 is 11.6 Å². The molecule has 2 aromatic rings. The van der Waals surface area contributed by atoms with Gasteiger partial charge >= 0.3 is 11.6 Å². The van der Waals surface area contributed by atoms with Crippen LogP contribution in [0.25, 0.3) is 11.0 Å². The van der Waals surface area contributed by atoms with Crippen molar-refractivity contribution in [1.29, 1.82) is 0 Å². The first-order valence-electron chi connectivity index (χ1n) is 12.3. The van der Waals surface area contributed by atoms with E-state index >= 15 is 0 Å². The summed E-state index contributed by atoms with van der Waals surface area (Å²) in [6.45, 7) is 6.40. The highest BCUT2D eigenvalue weighted by Gasteiger charge is 2.22. The maximum atomic E-state index is 12.5. The number of benzene rings is 1. The first kappa shape index (κ1) is 26.5. The molecule has 0 radical (unpaired) electrons. The topological polar surface area (TPSA) is 75.0 Å². The number of hydrogen-bond donors (Lipinski definition) is 0. The van der Waals surface area contributed by atoms with Gasteiger partial charge in [-0.3, -0.25) is 4.79 Å². The van der Waals surface area contributed by atoms with Crippen LogP contribution in [0.5, 0.6) is 17.2 Å². The van der Waals surface area contributed by atoms with Crippen LogP contribution >= 0.6 is 0 Å². The Morgan fingerprint density at radius 1 is 0.909 bits per heavy atom. The van der Waals surface area contributed by atoms with Crippen molar-refractivity contribution in [3.63, 3.8) is 0 Å². The number of allylic oxidation sites excluding steroid dienone is 1. The van der Waals surface area contributed by atoms with Crippen molar-refractivity contribution >= 4 is 16.9 Å². The van der Waals surface area contributed by atoms with Gasteiger partial charge in [-0.25, -0.2) is 4.79 Å². The molecule has 2 rings (SSSR count). The molecule has 1 heterocycles. The van der Waals surface area contributed by atoms with Crippen molar-refractivity contribution in [3.8, 4) is 17.2 Å². The van der Waals surface area contributed by atoms with Crippen molar-refractivity contribution in [2.75, 3.05) is 13.2 Å². The molecule has 0 spiro atoms. The Kier molecular flexibility index (Phi) is 12.2. The number of hydrogen-bond acceptors (Lipinski definition) is 6. The van der Waals surface area contributed by atoms with Gasteiger partial charge in [-0.2, -0.15) is 0 Å². The van der Waals surface area contributed by atoms with Crippen molar-refractivity contribution in [1.82, 2.24) is 0 Å². The molecule has 1 aromatic heterocycles. The Morgan fingerprint density at radius 3 is 2.33 bits per heavy atom. The highest BCUT2D eigenvalue weighted by atomic mass is 16.6. The van der Waals surface area contributed by atoms with E-state index in [0.717, 1.165) is 19.3 Å². The van der Waals surface area contributed by atoms with Crippen LogP contribution in [0.4, 0.5) is 0 Å². The summed E-state index contributed by atoms with van der Waals surface area (Å²) in [6, 6.07) is 5.27. The molecular formula is C27H38O6. The van der Waals surface area contributed by atoms with E-state index in [9.17, 15) is 9.59 Å². The largest absolute Gasteiger partial charge is 0.493 e. The summed E-state index contributed by atoms with van der Waals surface area (Å²) in [5, 5.41) is 0.507. The molecule has 0 atom stereocenters. The van der Waals surface area contributed by atoms with Gasteiger partial charge in [-0.15, -0.1) is 0 Å². The van der Waals surface area contributed by atoms with E-state index in [-0.39, 0.29) is 11.5 Å². The van der Waals surface area contributed by atoms with Crippen molar-refractivity contribution in [3.05, 3.63) is 40.8 Å². The van der Waals surface area contributed by atoms with Crippen LogP contribution < -0.4 is 19.8 Å². The Balaban J connectivity index is 2.14. The van der Waals surface area contributed by atoms with Crippen LogP contribution in [-0.2, 0) is 4.79 Å². The van der Waals surface area contributed by atoms with E-state index in [4.69, 9.17) is 18.6 Å². The molecule has 0 amide bonds. The molecule has 0 bridgehead atoms. The lowest BCUT2D eigenvalue weighted by Crippen LogP contribution is -2.14. The second-order valence-corrected chi connectivity index (χ2v) is 8.11. The summed E-state index contributed by atoms with van der Waals surface area (Å²) in [5.74, 6) is -0.119. The molecule has 33 heavy (non-hydrogen) atoms. The van der Waals surface area contributed by atoms with Gasteiger partial charge in [0, 0.05) is 6.92 Å². The van der Waals surface area contributed by atoms with E-state index in [0.29, 0.717) is 36.4 Å². The summed E-state index contributed by atoms with van der Waals surface area (Å²) in [7, 11) is 0. The highest BCUT2D eigenvalue weighted by molar-refractivity contribution is 5.92. The van der Waals surface area contributed by atoms with Crippen molar-refractivity contribution < 1.29 is 23.4 Å². The molecule has 0 aliphatic rings. The van der Waals surface area contributed by atoms with Crippen LogP contribution in [-0.4, -0.2) is 19.2 Å². The summed E-state index contributed by atoms with van der Waals surface area (Å²) in [4.78, 5) is 24.1. The Morgan fingerprint density at radius 2 is 1.64 bits per heavy atom. The number of unbranched alkanes of at least 4 members (excludes halogenated alkanes) is 7. The lowest BCUT2D eigenvalue weighted by molar-refractivity contribution is -0.132. The summed E-state index contributed by atoms with van der Waals surface area (Å²) in [5.41, 5.74) is -0.416. The van der Waals surface area contributed by atoms with Crippen molar-refractivity contribution in [2.45, 2.75) is 85.0 Å². The first-order chi connectivity index (χ1) is 16.1. The Bertz CT molecular complexity index is 944. The fourth-order valence-corrected chi connectivity index (χ4v) is 3.59. The third kappa shape index (κ3) is 8.95. The monoisotopic (exact) mass is 458 g/mol. The molecule has 1 aromatic carbocycles. The number of esters is 1. The second kappa shape index (κ2) is 15.1. The molecule has 182 valence electrons. The predicted molar refractivity (Wildman–Crippen MR) is 131 cm³/mol. The zero-order valence-corrected chi connectivity index (χ0v) is 20.3. The van der Waals surface area contributed by atoms with Gasteiger partial charge in [-0.1, -0.05) is 77.0 Å². The predicted octanol–water partition coefficient (Wildman–Crippen LogP) is 6.97. The lowest BCUT2D eigenvalue weighted by Gasteiger charge is -2.15. The maximum absolute atomic E-state index is 12.5. The van der Waals surface area contributed by atoms with Crippen LogP contribution in [0.3, 0.4) is 0 Å². The molecule has 0 aliphatic heterocycles.